The number of ketones is 1. The molecule has 17 heavy (non-hydrogen) atoms. The predicted octanol–water partition coefficient (Wildman–Crippen LogP) is 0.978. The number of esters is 1. The second-order valence-electron chi connectivity index (χ2n) is 5.79. The van der Waals surface area contributed by atoms with Crippen LogP contribution in [0.15, 0.2) is 12.7 Å². The van der Waals surface area contributed by atoms with Gasteiger partial charge in [-0.25, -0.2) is 4.79 Å². The standard InChI is InChI=1S/C13H16O4/c1-2-10(14)17-12-4-8-3-9(6-12)11(15)13(16,5-8)7-12/h2,8-9,16H,1,3-7H2. The van der Waals surface area contributed by atoms with E-state index in [1.807, 2.05) is 0 Å². The third-order valence-corrected chi connectivity index (χ3v) is 4.45. The van der Waals surface area contributed by atoms with E-state index in [0.717, 1.165) is 18.9 Å². The second kappa shape index (κ2) is 3.19. The number of hydrogen-bond acceptors (Lipinski definition) is 4. The van der Waals surface area contributed by atoms with Crippen molar-refractivity contribution < 1.29 is 19.4 Å². The lowest BCUT2D eigenvalue weighted by atomic mass is 9.51. The van der Waals surface area contributed by atoms with Gasteiger partial charge in [-0.05, 0) is 31.6 Å². The van der Waals surface area contributed by atoms with Gasteiger partial charge in [0.05, 0.1) is 0 Å². The van der Waals surface area contributed by atoms with Crippen molar-refractivity contribution in [3.63, 3.8) is 0 Å². The minimum atomic E-state index is -1.24. The molecule has 0 aliphatic heterocycles. The van der Waals surface area contributed by atoms with Crippen LogP contribution in [-0.2, 0) is 14.3 Å². The molecule has 0 aromatic heterocycles. The van der Waals surface area contributed by atoms with Gasteiger partial charge in [0.15, 0.2) is 5.78 Å². The molecule has 0 aromatic rings. The Balaban J connectivity index is 1.92. The van der Waals surface area contributed by atoms with E-state index in [-0.39, 0.29) is 18.1 Å². The van der Waals surface area contributed by atoms with Crippen LogP contribution >= 0.6 is 0 Å². The third kappa shape index (κ3) is 1.47. The van der Waals surface area contributed by atoms with E-state index >= 15 is 0 Å². The van der Waals surface area contributed by atoms with Crippen LogP contribution in [0.5, 0.6) is 0 Å². The van der Waals surface area contributed by atoms with Crippen molar-refractivity contribution in [2.24, 2.45) is 11.8 Å². The zero-order chi connectivity index (χ0) is 12.3. The van der Waals surface area contributed by atoms with Crippen molar-refractivity contribution in [1.82, 2.24) is 0 Å². The first-order valence-electron chi connectivity index (χ1n) is 6.08. The van der Waals surface area contributed by atoms with Crippen molar-refractivity contribution in [2.75, 3.05) is 0 Å². The SMILES string of the molecule is C=CC(=O)OC12CC3CC(C1)C(=O)C(O)(C3)C2. The highest BCUT2D eigenvalue weighted by atomic mass is 16.6. The van der Waals surface area contributed by atoms with E-state index < -0.39 is 17.2 Å². The Bertz CT molecular complexity index is 416. The fourth-order valence-electron chi connectivity index (χ4n) is 4.15. The van der Waals surface area contributed by atoms with Crippen LogP contribution in [0.3, 0.4) is 0 Å². The molecule has 4 aliphatic carbocycles. The summed E-state index contributed by atoms with van der Waals surface area (Å²) in [5.74, 6) is -0.316. The molecule has 0 aromatic carbocycles. The zero-order valence-electron chi connectivity index (χ0n) is 9.65. The Morgan fingerprint density at radius 1 is 1.47 bits per heavy atom. The van der Waals surface area contributed by atoms with Crippen molar-refractivity contribution in [1.29, 1.82) is 0 Å². The van der Waals surface area contributed by atoms with Gasteiger partial charge in [-0.15, -0.1) is 0 Å². The van der Waals surface area contributed by atoms with E-state index in [1.165, 1.54) is 0 Å². The molecule has 0 radical (unpaired) electrons. The van der Waals surface area contributed by atoms with Crippen LogP contribution in [0.25, 0.3) is 0 Å². The zero-order valence-corrected chi connectivity index (χ0v) is 9.65. The molecule has 92 valence electrons. The van der Waals surface area contributed by atoms with E-state index in [1.54, 1.807) is 0 Å². The molecule has 4 atom stereocenters. The maximum absolute atomic E-state index is 12.0. The number of ether oxygens (including phenoxy) is 1. The normalized spacial score (nSPS) is 47.0. The lowest BCUT2D eigenvalue weighted by Gasteiger charge is -2.57. The van der Waals surface area contributed by atoms with E-state index in [0.29, 0.717) is 18.8 Å². The van der Waals surface area contributed by atoms with Crippen LogP contribution in [0, 0.1) is 11.8 Å². The maximum atomic E-state index is 12.0. The van der Waals surface area contributed by atoms with Gasteiger partial charge in [-0.3, -0.25) is 4.79 Å². The fraction of sp³-hybridized carbons (Fsp3) is 0.692. The van der Waals surface area contributed by atoms with Gasteiger partial charge in [0.25, 0.3) is 0 Å². The van der Waals surface area contributed by atoms with Gasteiger partial charge in [0.2, 0.25) is 0 Å². The average molecular weight is 236 g/mol. The summed E-state index contributed by atoms with van der Waals surface area (Å²) in [4.78, 5) is 23.4. The second-order valence-corrected chi connectivity index (χ2v) is 5.79. The van der Waals surface area contributed by atoms with Gasteiger partial charge < -0.3 is 9.84 Å². The Hall–Kier alpha value is -1.16. The molecule has 4 fully saturated rings. The Morgan fingerprint density at radius 2 is 2.24 bits per heavy atom. The molecule has 4 unspecified atom stereocenters. The molecule has 0 spiro atoms. The fourth-order valence-corrected chi connectivity index (χ4v) is 4.15. The summed E-state index contributed by atoms with van der Waals surface area (Å²) in [6.45, 7) is 3.39. The Labute approximate surface area is 99.6 Å². The first-order valence-corrected chi connectivity index (χ1v) is 6.08. The molecule has 4 aliphatic rings. The van der Waals surface area contributed by atoms with Gasteiger partial charge in [0, 0.05) is 18.4 Å². The molecule has 4 nitrogen and oxygen atoms in total. The lowest BCUT2D eigenvalue weighted by Crippen LogP contribution is -2.65. The van der Waals surface area contributed by atoms with Crippen LogP contribution in [-0.4, -0.2) is 28.1 Å². The molecule has 4 bridgehead atoms. The topological polar surface area (TPSA) is 63.6 Å². The maximum Gasteiger partial charge on any atom is 0.330 e. The number of rotatable bonds is 2. The van der Waals surface area contributed by atoms with E-state index in [9.17, 15) is 14.7 Å². The number of carbonyl (C=O) groups excluding carboxylic acids is 2. The molecule has 4 heteroatoms. The highest BCUT2D eigenvalue weighted by molar-refractivity contribution is 5.92. The Morgan fingerprint density at radius 3 is 2.88 bits per heavy atom. The first-order chi connectivity index (χ1) is 7.96. The lowest BCUT2D eigenvalue weighted by molar-refractivity contribution is -0.212. The molecule has 0 heterocycles. The number of hydrogen-bond donors (Lipinski definition) is 1. The minimum absolute atomic E-state index is 0.0428. The van der Waals surface area contributed by atoms with E-state index in [2.05, 4.69) is 6.58 Å². The molecular formula is C13H16O4. The molecule has 0 saturated heterocycles. The van der Waals surface area contributed by atoms with E-state index in [4.69, 9.17) is 4.74 Å². The molecule has 4 rings (SSSR count). The van der Waals surface area contributed by atoms with Crippen LogP contribution < -0.4 is 0 Å². The van der Waals surface area contributed by atoms with Crippen LogP contribution in [0.2, 0.25) is 0 Å². The monoisotopic (exact) mass is 236 g/mol. The summed E-state index contributed by atoms with van der Waals surface area (Å²) in [6.07, 6.45) is 4.14. The summed E-state index contributed by atoms with van der Waals surface area (Å²) in [6, 6.07) is 0. The average Bonchev–Trinajstić information content (AvgIpc) is 2.23. The van der Waals surface area contributed by atoms with Gasteiger partial charge >= 0.3 is 5.97 Å². The summed E-state index contributed by atoms with van der Waals surface area (Å²) in [5.41, 5.74) is -1.87. The smallest absolute Gasteiger partial charge is 0.330 e. The van der Waals surface area contributed by atoms with Crippen molar-refractivity contribution in [2.45, 2.75) is 43.3 Å². The van der Waals surface area contributed by atoms with Crippen molar-refractivity contribution >= 4 is 11.8 Å². The third-order valence-electron chi connectivity index (χ3n) is 4.45. The highest BCUT2D eigenvalue weighted by Gasteiger charge is 2.63. The highest BCUT2D eigenvalue weighted by Crippen LogP contribution is 2.57. The van der Waals surface area contributed by atoms with Gasteiger partial charge in [-0.1, -0.05) is 6.58 Å². The summed E-state index contributed by atoms with van der Waals surface area (Å²) >= 11 is 0. The number of aliphatic hydroxyl groups is 1. The summed E-state index contributed by atoms with van der Waals surface area (Å²) in [5, 5.41) is 10.4. The van der Waals surface area contributed by atoms with Crippen LogP contribution in [0.4, 0.5) is 0 Å². The predicted molar refractivity (Wildman–Crippen MR) is 59.0 cm³/mol. The molecule has 0 amide bonds. The quantitative estimate of drug-likeness (QED) is 0.573. The molecular weight excluding hydrogens is 220 g/mol. The van der Waals surface area contributed by atoms with Crippen molar-refractivity contribution in [3.05, 3.63) is 12.7 Å². The van der Waals surface area contributed by atoms with Gasteiger partial charge in [0.1, 0.15) is 11.2 Å². The Kier molecular flexibility index (Phi) is 2.06. The minimum Gasteiger partial charge on any atom is -0.456 e. The first kappa shape index (κ1) is 11.0. The summed E-state index contributed by atoms with van der Waals surface area (Å²) < 4.78 is 5.44. The largest absolute Gasteiger partial charge is 0.456 e. The number of Topliss-reactive ketones (excluding diaryl/α,β-unsaturated/α-hetero) is 1. The number of carbonyl (C=O) groups is 2. The molecule has 4 saturated carbocycles. The van der Waals surface area contributed by atoms with Gasteiger partial charge in [-0.2, -0.15) is 0 Å². The van der Waals surface area contributed by atoms with Crippen LogP contribution in [0.1, 0.15) is 32.1 Å². The van der Waals surface area contributed by atoms with Crippen molar-refractivity contribution in [3.8, 4) is 0 Å². The molecule has 1 N–H and O–H groups in total. The summed E-state index contributed by atoms with van der Waals surface area (Å²) in [7, 11) is 0.